The van der Waals surface area contributed by atoms with Gasteiger partial charge in [0, 0.05) is 0 Å². The van der Waals surface area contributed by atoms with E-state index in [-0.39, 0.29) is 0 Å². The molecule has 0 radical (unpaired) electrons. The largest absolute Gasteiger partial charge is 0.496 e. The molecule has 0 aliphatic carbocycles. The third-order valence-electron chi connectivity index (χ3n) is 2.49. The third-order valence-corrected chi connectivity index (χ3v) is 2.69. The molecule has 88 valence electrons. The number of hydrogen-bond donors (Lipinski definition) is 0. The van der Waals surface area contributed by atoms with E-state index in [2.05, 4.69) is 13.8 Å². The molecular formula is C13H17ClO2. The summed E-state index contributed by atoms with van der Waals surface area (Å²) in [6.45, 7) is 4.38. The van der Waals surface area contributed by atoms with Crippen LogP contribution in [0, 0.1) is 5.92 Å². The molecule has 0 fully saturated rings. The first-order valence-corrected chi connectivity index (χ1v) is 5.79. The smallest absolute Gasteiger partial charge is 0.256 e. The highest BCUT2D eigenvalue weighted by Crippen LogP contribution is 2.23. The van der Waals surface area contributed by atoms with E-state index < -0.39 is 5.24 Å². The average Bonchev–Trinajstić information content (AvgIpc) is 2.25. The molecule has 0 spiro atoms. The Hall–Kier alpha value is -1.02. The summed E-state index contributed by atoms with van der Waals surface area (Å²) in [6, 6.07) is 5.54. The Morgan fingerprint density at radius 2 is 2.12 bits per heavy atom. The number of carbonyl (C=O) groups excluding carboxylic acids is 1. The number of carbonyl (C=O) groups is 1. The van der Waals surface area contributed by atoms with Crippen LogP contribution in [0.15, 0.2) is 18.2 Å². The molecule has 0 saturated carbocycles. The summed E-state index contributed by atoms with van der Waals surface area (Å²) in [5, 5.41) is -0.479. The molecule has 0 bridgehead atoms. The number of hydrogen-bond acceptors (Lipinski definition) is 2. The van der Waals surface area contributed by atoms with E-state index in [9.17, 15) is 4.79 Å². The molecule has 1 aromatic carbocycles. The molecule has 3 heteroatoms. The van der Waals surface area contributed by atoms with Crippen molar-refractivity contribution in [1.82, 2.24) is 0 Å². The molecule has 0 amide bonds. The van der Waals surface area contributed by atoms with E-state index in [1.807, 2.05) is 12.1 Å². The molecule has 0 unspecified atom stereocenters. The number of rotatable bonds is 5. The van der Waals surface area contributed by atoms with Gasteiger partial charge in [0.1, 0.15) is 5.75 Å². The van der Waals surface area contributed by atoms with E-state index >= 15 is 0 Å². The van der Waals surface area contributed by atoms with Crippen LogP contribution in [0.3, 0.4) is 0 Å². The average molecular weight is 241 g/mol. The Balaban J connectivity index is 2.86. The van der Waals surface area contributed by atoms with Gasteiger partial charge in [-0.1, -0.05) is 19.9 Å². The summed E-state index contributed by atoms with van der Waals surface area (Å²) < 4.78 is 5.15. The molecule has 0 aromatic heterocycles. The highest BCUT2D eigenvalue weighted by atomic mass is 35.5. The predicted molar refractivity (Wildman–Crippen MR) is 66.3 cm³/mol. The van der Waals surface area contributed by atoms with Crippen molar-refractivity contribution in [2.75, 3.05) is 7.11 Å². The standard InChI is InChI=1S/C13H17ClO2/c1-9(2)4-5-10-6-7-11(13(14)15)12(8-10)16-3/h6-9H,4-5H2,1-3H3. The van der Waals surface area contributed by atoms with Gasteiger partial charge in [-0.25, -0.2) is 0 Å². The minimum atomic E-state index is -0.479. The van der Waals surface area contributed by atoms with Crippen LogP contribution in [0.2, 0.25) is 0 Å². The SMILES string of the molecule is COc1cc(CCC(C)C)ccc1C(=O)Cl. The summed E-state index contributed by atoms with van der Waals surface area (Å²) in [4.78, 5) is 11.1. The van der Waals surface area contributed by atoms with Gasteiger partial charge in [-0.15, -0.1) is 0 Å². The van der Waals surface area contributed by atoms with Gasteiger partial charge in [-0.3, -0.25) is 4.79 Å². The minimum absolute atomic E-state index is 0.428. The second kappa shape index (κ2) is 5.90. The molecule has 2 nitrogen and oxygen atoms in total. The molecule has 1 aromatic rings. The number of halogens is 1. The lowest BCUT2D eigenvalue weighted by atomic mass is 10.0. The van der Waals surface area contributed by atoms with Crippen LogP contribution >= 0.6 is 11.6 Å². The maximum absolute atomic E-state index is 11.1. The Morgan fingerprint density at radius 1 is 1.44 bits per heavy atom. The number of aryl methyl sites for hydroxylation is 1. The molecule has 1 rings (SSSR count). The quantitative estimate of drug-likeness (QED) is 0.735. The summed E-state index contributed by atoms with van der Waals surface area (Å²) >= 11 is 5.45. The third kappa shape index (κ3) is 3.53. The first-order chi connectivity index (χ1) is 7.54. The first-order valence-electron chi connectivity index (χ1n) is 5.41. The number of methoxy groups -OCH3 is 1. The van der Waals surface area contributed by atoms with Gasteiger partial charge in [-0.05, 0) is 48.1 Å². The van der Waals surface area contributed by atoms with Crippen molar-refractivity contribution in [1.29, 1.82) is 0 Å². The zero-order chi connectivity index (χ0) is 12.1. The summed E-state index contributed by atoms with van der Waals surface area (Å²) in [7, 11) is 1.55. The van der Waals surface area contributed by atoms with E-state index in [0.717, 1.165) is 12.8 Å². The van der Waals surface area contributed by atoms with Gasteiger partial charge in [0.15, 0.2) is 0 Å². The van der Waals surface area contributed by atoms with Crippen LogP contribution in [0.1, 0.15) is 36.2 Å². The maximum Gasteiger partial charge on any atom is 0.256 e. The van der Waals surface area contributed by atoms with Crippen LogP contribution in [-0.4, -0.2) is 12.4 Å². The van der Waals surface area contributed by atoms with Crippen LogP contribution in [-0.2, 0) is 6.42 Å². The van der Waals surface area contributed by atoms with Gasteiger partial charge in [0.2, 0.25) is 0 Å². The second-order valence-corrected chi connectivity index (χ2v) is 4.58. The van der Waals surface area contributed by atoms with Crippen molar-refractivity contribution in [3.8, 4) is 5.75 Å². The lowest BCUT2D eigenvalue weighted by Gasteiger charge is -2.09. The van der Waals surface area contributed by atoms with Gasteiger partial charge in [-0.2, -0.15) is 0 Å². The summed E-state index contributed by atoms with van der Waals surface area (Å²) in [6.07, 6.45) is 2.11. The molecule has 0 saturated heterocycles. The highest BCUT2D eigenvalue weighted by Gasteiger charge is 2.10. The molecule has 0 heterocycles. The molecule has 0 aliphatic rings. The van der Waals surface area contributed by atoms with E-state index in [0.29, 0.717) is 17.2 Å². The topological polar surface area (TPSA) is 26.3 Å². The maximum atomic E-state index is 11.1. The molecule has 0 atom stereocenters. The molecule has 0 aliphatic heterocycles. The fraction of sp³-hybridized carbons (Fsp3) is 0.462. The molecule has 0 N–H and O–H groups in total. The van der Waals surface area contributed by atoms with Crippen LogP contribution in [0.25, 0.3) is 0 Å². The second-order valence-electron chi connectivity index (χ2n) is 4.24. The van der Waals surface area contributed by atoms with Crippen molar-refractivity contribution in [2.45, 2.75) is 26.7 Å². The van der Waals surface area contributed by atoms with Crippen molar-refractivity contribution in [3.63, 3.8) is 0 Å². The lowest BCUT2D eigenvalue weighted by Crippen LogP contribution is -1.98. The monoisotopic (exact) mass is 240 g/mol. The molecule has 16 heavy (non-hydrogen) atoms. The fourth-order valence-corrected chi connectivity index (χ4v) is 1.66. The normalized spacial score (nSPS) is 10.6. The van der Waals surface area contributed by atoms with Crippen molar-refractivity contribution in [2.24, 2.45) is 5.92 Å². The van der Waals surface area contributed by atoms with Gasteiger partial charge < -0.3 is 4.74 Å². The Labute approximate surface area is 102 Å². The minimum Gasteiger partial charge on any atom is -0.496 e. The highest BCUT2D eigenvalue weighted by molar-refractivity contribution is 6.68. The van der Waals surface area contributed by atoms with Crippen molar-refractivity contribution in [3.05, 3.63) is 29.3 Å². The number of ether oxygens (including phenoxy) is 1. The van der Waals surface area contributed by atoms with E-state index in [1.54, 1.807) is 13.2 Å². The van der Waals surface area contributed by atoms with Crippen LogP contribution < -0.4 is 4.74 Å². The number of benzene rings is 1. The zero-order valence-corrected chi connectivity index (χ0v) is 10.7. The first kappa shape index (κ1) is 13.0. The Morgan fingerprint density at radius 3 is 2.62 bits per heavy atom. The summed E-state index contributed by atoms with van der Waals surface area (Å²) in [5.74, 6) is 1.22. The predicted octanol–water partition coefficient (Wildman–Crippen LogP) is 3.66. The van der Waals surface area contributed by atoms with E-state index in [4.69, 9.17) is 16.3 Å². The van der Waals surface area contributed by atoms with Gasteiger partial charge in [0.05, 0.1) is 12.7 Å². The fourth-order valence-electron chi connectivity index (χ4n) is 1.51. The van der Waals surface area contributed by atoms with Crippen LogP contribution in [0.4, 0.5) is 0 Å². The van der Waals surface area contributed by atoms with Gasteiger partial charge >= 0.3 is 0 Å². The molecular weight excluding hydrogens is 224 g/mol. The van der Waals surface area contributed by atoms with Crippen molar-refractivity contribution < 1.29 is 9.53 Å². The Kier molecular flexibility index (Phi) is 4.81. The Bertz CT molecular complexity index is 372. The lowest BCUT2D eigenvalue weighted by molar-refractivity contribution is 0.107. The van der Waals surface area contributed by atoms with Crippen LogP contribution in [0.5, 0.6) is 5.75 Å². The summed E-state index contributed by atoms with van der Waals surface area (Å²) in [5.41, 5.74) is 1.60. The van der Waals surface area contributed by atoms with E-state index in [1.165, 1.54) is 5.56 Å². The van der Waals surface area contributed by atoms with Gasteiger partial charge in [0.25, 0.3) is 5.24 Å². The zero-order valence-electron chi connectivity index (χ0n) is 9.92. The van der Waals surface area contributed by atoms with Crippen molar-refractivity contribution >= 4 is 16.8 Å².